The highest BCUT2D eigenvalue weighted by Crippen LogP contribution is 2.45. The maximum atomic E-state index is 12.9. The lowest BCUT2D eigenvalue weighted by atomic mass is 9.81. The molecular weight excluding hydrogens is 316 g/mol. The summed E-state index contributed by atoms with van der Waals surface area (Å²) in [5.74, 6) is 0.174. The van der Waals surface area contributed by atoms with Crippen molar-refractivity contribution in [2.45, 2.75) is 5.54 Å². The largest absolute Gasteiger partial charge is 0.491 e. The van der Waals surface area contributed by atoms with Gasteiger partial charge in [0, 0.05) is 10.6 Å². The van der Waals surface area contributed by atoms with Gasteiger partial charge in [0.1, 0.15) is 12.4 Å². The highest BCUT2D eigenvalue weighted by atomic mass is 35.5. The number of benzene rings is 2. The molecule has 1 atom stereocenters. The van der Waals surface area contributed by atoms with E-state index in [1.807, 2.05) is 30.3 Å². The normalized spacial score (nSPS) is 22.7. The van der Waals surface area contributed by atoms with E-state index in [0.717, 1.165) is 0 Å². The lowest BCUT2D eigenvalue weighted by molar-refractivity contribution is -0.125. The number of carbonyl (C=O) groups is 2. The van der Waals surface area contributed by atoms with Crippen molar-refractivity contribution in [3.8, 4) is 5.75 Å². The van der Waals surface area contributed by atoms with Crippen molar-refractivity contribution in [2.24, 2.45) is 0 Å². The second kappa shape index (κ2) is 4.99. The molecule has 0 spiro atoms. The Bertz CT molecular complexity index is 809. The molecule has 1 unspecified atom stereocenters. The molecule has 116 valence electrons. The summed E-state index contributed by atoms with van der Waals surface area (Å²) in [5.41, 5.74) is 0.0316. The Morgan fingerprint density at radius 1 is 1.13 bits per heavy atom. The van der Waals surface area contributed by atoms with Gasteiger partial charge in [0.05, 0.1) is 6.54 Å². The van der Waals surface area contributed by atoms with Crippen molar-refractivity contribution >= 4 is 23.5 Å². The third-order valence-electron chi connectivity index (χ3n) is 4.29. The van der Waals surface area contributed by atoms with E-state index < -0.39 is 11.6 Å². The molecule has 0 bridgehead atoms. The third-order valence-corrected chi connectivity index (χ3v) is 4.53. The molecule has 0 aliphatic carbocycles. The van der Waals surface area contributed by atoms with Gasteiger partial charge in [-0.2, -0.15) is 0 Å². The van der Waals surface area contributed by atoms with E-state index in [1.165, 1.54) is 4.90 Å². The van der Waals surface area contributed by atoms with Crippen molar-refractivity contribution < 1.29 is 14.3 Å². The molecule has 0 radical (unpaired) electrons. The van der Waals surface area contributed by atoms with E-state index in [1.54, 1.807) is 18.2 Å². The molecule has 2 aromatic carbocycles. The fourth-order valence-electron chi connectivity index (χ4n) is 3.35. The zero-order chi connectivity index (χ0) is 16.0. The van der Waals surface area contributed by atoms with Gasteiger partial charge >= 0.3 is 6.03 Å². The maximum Gasteiger partial charge on any atom is 0.325 e. The molecule has 23 heavy (non-hydrogen) atoms. The monoisotopic (exact) mass is 328 g/mol. The number of ether oxygens (including phenoxy) is 1. The van der Waals surface area contributed by atoms with Crippen molar-refractivity contribution in [1.29, 1.82) is 0 Å². The summed E-state index contributed by atoms with van der Waals surface area (Å²) in [6, 6.07) is 13.9. The van der Waals surface area contributed by atoms with Gasteiger partial charge in [-0.1, -0.05) is 41.9 Å². The molecule has 0 aromatic heterocycles. The predicted octanol–water partition coefficient (Wildman–Crippen LogP) is 2.53. The minimum atomic E-state index is -1.25. The van der Waals surface area contributed by atoms with Crippen LogP contribution in [-0.2, 0) is 10.3 Å². The van der Waals surface area contributed by atoms with E-state index >= 15 is 0 Å². The fourth-order valence-corrected chi connectivity index (χ4v) is 3.52. The van der Waals surface area contributed by atoms with Crippen molar-refractivity contribution in [2.75, 3.05) is 13.2 Å². The van der Waals surface area contributed by atoms with Crippen LogP contribution in [0.2, 0.25) is 5.02 Å². The molecule has 1 fully saturated rings. The summed E-state index contributed by atoms with van der Waals surface area (Å²) in [7, 11) is 0. The number of imide groups is 1. The predicted molar refractivity (Wildman–Crippen MR) is 84.4 cm³/mol. The van der Waals surface area contributed by atoms with E-state index in [4.69, 9.17) is 16.3 Å². The van der Waals surface area contributed by atoms with Gasteiger partial charge in [0.2, 0.25) is 0 Å². The van der Waals surface area contributed by atoms with Crippen LogP contribution >= 0.6 is 11.6 Å². The summed E-state index contributed by atoms with van der Waals surface area (Å²) >= 11 is 6.16. The van der Waals surface area contributed by atoms with Gasteiger partial charge in [-0.05, 0) is 23.8 Å². The average molecular weight is 329 g/mol. The first-order valence-electron chi connectivity index (χ1n) is 7.25. The highest BCUT2D eigenvalue weighted by molar-refractivity contribution is 6.30. The summed E-state index contributed by atoms with van der Waals surface area (Å²) in [6.45, 7) is 0.614. The van der Waals surface area contributed by atoms with Crippen LogP contribution in [0.3, 0.4) is 0 Å². The van der Waals surface area contributed by atoms with Crippen LogP contribution in [0, 0.1) is 0 Å². The molecular formula is C17H13ClN2O3. The third kappa shape index (κ3) is 1.86. The van der Waals surface area contributed by atoms with Gasteiger partial charge in [-0.25, -0.2) is 4.79 Å². The Balaban J connectivity index is 2.09. The van der Waals surface area contributed by atoms with E-state index in [0.29, 0.717) is 35.1 Å². The average Bonchev–Trinajstić information content (AvgIpc) is 2.70. The molecule has 1 N–H and O–H groups in total. The highest BCUT2D eigenvalue weighted by Gasteiger charge is 2.57. The molecule has 3 amide bonds. The molecule has 1 saturated heterocycles. The summed E-state index contributed by atoms with van der Waals surface area (Å²) < 4.78 is 5.75. The number of amides is 3. The zero-order valence-corrected chi connectivity index (χ0v) is 12.8. The number of hydrogen-bond acceptors (Lipinski definition) is 3. The van der Waals surface area contributed by atoms with Crippen LogP contribution in [0.25, 0.3) is 0 Å². The number of nitrogens with one attached hydrogen (secondary N) is 1. The number of halogens is 1. The molecule has 5 nitrogen and oxygen atoms in total. The Labute approximate surface area is 137 Å². The van der Waals surface area contributed by atoms with Crippen molar-refractivity contribution in [3.05, 3.63) is 64.7 Å². The van der Waals surface area contributed by atoms with Gasteiger partial charge in [0.15, 0.2) is 5.54 Å². The van der Waals surface area contributed by atoms with E-state index in [2.05, 4.69) is 5.32 Å². The van der Waals surface area contributed by atoms with E-state index in [-0.39, 0.29) is 5.91 Å². The summed E-state index contributed by atoms with van der Waals surface area (Å²) in [4.78, 5) is 26.8. The second-order valence-electron chi connectivity index (χ2n) is 5.48. The molecule has 0 saturated carbocycles. The van der Waals surface area contributed by atoms with Crippen LogP contribution in [-0.4, -0.2) is 30.0 Å². The number of nitrogens with zero attached hydrogens (tertiary/aromatic N) is 1. The molecule has 4 rings (SSSR count). The minimum absolute atomic E-state index is 0.304. The van der Waals surface area contributed by atoms with Gasteiger partial charge < -0.3 is 4.74 Å². The van der Waals surface area contributed by atoms with Crippen LogP contribution in [0.5, 0.6) is 5.75 Å². The number of hydrogen-bond donors (Lipinski definition) is 1. The number of fused-ring (bicyclic) bond motifs is 3. The van der Waals surface area contributed by atoms with Gasteiger partial charge in [-0.15, -0.1) is 0 Å². The lowest BCUT2D eigenvalue weighted by Gasteiger charge is -2.34. The first kappa shape index (κ1) is 14.1. The zero-order valence-electron chi connectivity index (χ0n) is 12.1. The maximum absolute atomic E-state index is 12.9. The molecule has 2 aliphatic heterocycles. The number of rotatable bonds is 1. The van der Waals surface area contributed by atoms with Gasteiger partial charge in [-0.3, -0.25) is 15.0 Å². The van der Waals surface area contributed by atoms with E-state index in [9.17, 15) is 9.59 Å². The fraction of sp³-hybridized carbons (Fsp3) is 0.176. The smallest absolute Gasteiger partial charge is 0.325 e. The van der Waals surface area contributed by atoms with Crippen LogP contribution in [0.1, 0.15) is 11.1 Å². The van der Waals surface area contributed by atoms with Crippen LogP contribution < -0.4 is 10.1 Å². The first-order chi connectivity index (χ1) is 11.1. The Morgan fingerprint density at radius 2 is 1.91 bits per heavy atom. The Kier molecular flexibility index (Phi) is 3.06. The Morgan fingerprint density at radius 3 is 2.70 bits per heavy atom. The molecule has 6 heteroatoms. The lowest BCUT2D eigenvalue weighted by Crippen LogP contribution is -2.48. The molecule has 2 aromatic rings. The van der Waals surface area contributed by atoms with Crippen molar-refractivity contribution in [3.63, 3.8) is 0 Å². The molecule has 2 heterocycles. The van der Waals surface area contributed by atoms with Gasteiger partial charge in [0.25, 0.3) is 5.91 Å². The van der Waals surface area contributed by atoms with Crippen LogP contribution in [0.4, 0.5) is 4.79 Å². The van der Waals surface area contributed by atoms with Crippen LogP contribution in [0.15, 0.2) is 48.5 Å². The minimum Gasteiger partial charge on any atom is -0.491 e. The van der Waals surface area contributed by atoms with Crippen molar-refractivity contribution in [1.82, 2.24) is 10.2 Å². The topological polar surface area (TPSA) is 58.6 Å². The summed E-state index contributed by atoms with van der Waals surface area (Å²) in [6.07, 6.45) is 0. The second-order valence-corrected chi connectivity index (χ2v) is 5.91. The SMILES string of the molecule is O=C1NC(=O)C2(c3ccccc3)c3cc(Cl)ccc3OCCN12. The molecule has 2 aliphatic rings. The quantitative estimate of drug-likeness (QED) is 0.818. The summed E-state index contributed by atoms with van der Waals surface area (Å²) in [5, 5.41) is 2.92. The first-order valence-corrected chi connectivity index (χ1v) is 7.63. The number of carbonyl (C=O) groups excluding carboxylic acids is 2. The Hall–Kier alpha value is -2.53. The standard InChI is InChI=1S/C17H13ClN2O3/c18-12-6-7-14-13(10-12)17(11-4-2-1-3-5-11)15(21)19-16(22)20(17)8-9-23-14/h1-7,10H,8-9H2,(H,19,21,22). The number of urea groups is 1.